The lowest BCUT2D eigenvalue weighted by molar-refractivity contribution is -0.136. The van der Waals surface area contributed by atoms with Gasteiger partial charge in [-0.1, -0.05) is 26.0 Å². The van der Waals surface area contributed by atoms with Gasteiger partial charge in [-0.25, -0.2) is 14.4 Å². The molecule has 30 heavy (non-hydrogen) atoms. The van der Waals surface area contributed by atoms with Gasteiger partial charge < -0.3 is 10.2 Å². The van der Waals surface area contributed by atoms with Gasteiger partial charge in [-0.2, -0.15) is 0 Å². The predicted octanol–water partition coefficient (Wildman–Crippen LogP) is 3.95. The molecule has 2 amide bonds. The molecule has 1 N–H and O–H groups in total. The van der Waals surface area contributed by atoms with Gasteiger partial charge in [0, 0.05) is 25.7 Å². The van der Waals surface area contributed by atoms with Crippen molar-refractivity contribution in [1.29, 1.82) is 0 Å². The van der Waals surface area contributed by atoms with E-state index in [9.17, 15) is 14.0 Å². The van der Waals surface area contributed by atoms with Crippen LogP contribution in [0.2, 0.25) is 0 Å². The van der Waals surface area contributed by atoms with Crippen LogP contribution < -0.4 is 5.32 Å². The van der Waals surface area contributed by atoms with Crippen molar-refractivity contribution in [3.05, 3.63) is 58.9 Å². The van der Waals surface area contributed by atoms with E-state index in [0.29, 0.717) is 36.0 Å². The van der Waals surface area contributed by atoms with Crippen molar-refractivity contribution in [3.63, 3.8) is 0 Å². The Labute approximate surface area is 176 Å². The van der Waals surface area contributed by atoms with Crippen LogP contribution >= 0.6 is 0 Å². The van der Waals surface area contributed by atoms with Crippen molar-refractivity contribution < 1.29 is 14.0 Å². The van der Waals surface area contributed by atoms with Crippen molar-refractivity contribution in [2.24, 2.45) is 5.92 Å². The third-order valence-electron chi connectivity index (χ3n) is 5.31. The van der Waals surface area contributed by atoms with Gasteiger partial charge in [-0.3, -0.25) is 9.59 Å². The minimum absolute atomic E-state index is 0.136. The molecule has 0 spiro atoms. The van der Waals surface area contributed by atoms with E-state index in [1.165, 1.54) is 18.3 Å². The van der Waals surface area contributed by atoms with Gasteiger partial charge in [-0.15, -0.1) is 0 Å². The molecule has 1 unspecified atom stereocenters. The SMILES string of the molecule is Cc1nc(C2CCCCN2C(=O)CC(C)C)ncc1C(=O)NCc1ccc(F)cc1. The standard InChI is InChI=1S/C23H29FN4O2/c1-15(2)12-21(29)28-11-5-4-6-20(28)22-25-14-19(16(3)27-22)23(30)26-13-17-7-9-18(24)10-8-17/h7-10,14-15,20H,4-6,11-13H2,1-3H3,(H,26,30). The fraction of sp³-hybridized carbons (Fsp3) is 0.478. The van der Waals surface area contributed by atoms with Gasteiger partial charge in [0.2, 0.25) is 5.91 Å². The second kappa shape index (κ2) is 9.78. The van der Waals surface area contributed by atoms with Gasteiger partial charge in [-0.05, 0) is 49.8 Å². The molecule has 1 aliphatic heterocycles. The summed E-state index contributed by atoms with van der Waals surface area (Å²) >= 11 is 0. The summed E-state index contributed by atoms with van der Waals surface area (Å²) in [4.78, 5) is 36.2. The van der Waals surface area contributed by atoms with E-state index in [4.69, 9.17) is 0 Å². The molecule has 0 bridgehead atoms. The van der Waals surface area contributed by atoms with Crippen molar-refractivity contribution in [3.8, 4) is 0 Å². The van der Waals surface area contributed by atoms with Crippen molar-refractivity contribution in [1.82, 2.24) is 20.2 Å². The van der Waals surface area contributed by atoms with E-state index in [1.54, 1.807) is 19.1 Å². The number of aromatic nitrogens is 2. The maximum absolute atomic E-state index is 13.0. The third kappa shape index (κ3) is 5.40. The van der Waals surface area contributed by atoms with Crippen LogP contribution in [0.1, 0.15) is 73.0 Å². The summed E-state index contributed by atoms with van der Waals surface area (Å²) in [6, 6.07) is 5.85. The van der Waals surface area contributed by atoms with Crippen molar-refractivity contribution in [2.75, 3.05) is 6.54 Å². The number of nitrogens with zero attached hydrogens (tertiary/aromatic N) is 3. The molecule has 2 aromatic rings. The average molecular weight is 413 g/mol. The highest BCUT2D eigenvalue weighted by Gasteiger charge is 2.30. The smallest absolute Gasteiger partial charge is 0.254 e. The number of benzene rings is 1. The highest BCUT2D eigenvalue weighted by molar-refractivity contribution is 5.94. The molecule has 1 saturated heterocycles. The van der Waals surface area contributed by atoms with Crippen LogP contribution in [0.5, 0.6) is 0 Å². The summed E-state index contributed by atoms with van der Waals surface area (Å²) in [6.07, 6.45) is 4.90. The summed E-state index contributed by atoms with van der Waals surface area (Å²) < 4.78 is 13.0. The Balaban J connectivity index is 1.70. The van der Waals surface area contributed by atoms with E-state index < -0.39 is 0 Å². The lowest BCUT2D eigenvalue weighted by Gasteiger charge is -2.35. The number of piperidine rings is 1. The fourth-order valence-corrected chi connectivity index (χ4v) is 3.71. The lowest BCUT2D eigenvalue weighted by atomic mass is 9.99. The molecule has 2 heterocycles. The molecule has 1 fully saturated rings. The summed E-state index contributed by atoms with van der Waals surface area (Å²) in [7, 11) is 0. The number of nitrogens with one attached hydrogen (secondary N) is 1. The zero-order valence-corrected chi connectivity index (χ0v) is 17.8. The number of amides is 2. The summed E-state index contributed by atoms with van der Waals surface area (Å²) in [5.41, 5.74) is 1.79. The fourth-order valence-electron chi connectivity index (χ4n) is 3.71. The largest absolute Gasteiger partial charge is 0.348 e. The van der Waals surface area contributed by atoms with Gasteiger partial charge in [0.15, 0.2) is 5.82 Å². The molecule has 0 saturated carbocycles. The van der Waals surface area contributed by atoms with Crippen LogP contribution in [0, 0.1) is 18.7 Å². The number of aryl methyl sites for hydroxylation is 1. The molecule has 0 radical (unpaired) electrons. The minimum atomic E-state index is -0.312. The minimum Gasteiger partial charge on any atom is -0.348 e. The van der Waals surface area contributed by atoms with Crippen molar-refractivity contribution in [2.45, 2.75) is 59.0 Å². The van der Waals surface area contributed by atoms with Gasteiger partial charge in [0.1, 0.15) is 5.82 Å². The van der Waals surface area contributed by atoms with E-state index in [1.807, 2.05) is 18.7 Å². The normalized spacial score (nSPS) is 16.6. The molecule has 0 aliphatic carbocycles. The van der Waals surface area contributed by atoms with E-state index in [-0.39, 0.29) is 23.7 Å². The molecule has 7 heteroatoms. The second-order valence-corrected chi connectivity index (χ2v) is 8.23. The van der Waals surface area contributed by atoms with Crippen LogP contribution in [-0.2, 0) is 11.3 Å². The Kier molecular flexibility index (Phi) is 7.13. The molecule has 1 aromatic heterocycles. The van der Waals surface area contributed by atoms with E-state index in [0.717, 1.165) is 31.4 Å². The first-order chi connectivity index (χ1) is 14.3. The number of likely N-dealkylation sites (tertiary alicyclic amines) is 1. The van der Waals surface area contributed by atoms with Crippen LogP contribution in [0.4, 0.5) is 4.39 Å². The second-order valence-electron chi connectivity index (χ2n) is 8.23. The van der Waals surface area contributed by atoms with Crippen LogP contribution in [0.15, 0.2) is 30.5 Å². The monoisotopic (exact) mass is 412 g/mol. The average Bonchev–Trinajstić information content (AvgIpc) is 2.72. The van der Waals surface area contributed by atoms with Gasteiger partial charge >= 0.3 is 0 Å². The first kappa shape index (κ1) is 21.9. The Morgan fingerprint density at radius 3 is 2.63 bits per heavy atom. The lowest BCUT2D eigenvalue weighted by Crippen LogP contribution is -2.40. The Morgan fingerprint density at radius 1 is 1.23 bits per heavy atom. The molecular formula is C23H29FN4O2. The van der Waals surface area contributed by atoms with Crippen LogP contribution in [-0.4, -0.2) is 33.2 Å². The molecule has 3 rings (SSSR count). The maximum atomic E-state index is 13.0. The Bertz CT molecular complexity index is 899. The zero-order chi connectivity index (χ0) is 21.7. The number of halogens is 1. The number of carbonyl (C=O) groups excluding carboxylic acids is 2. The molecule has 6 nitrogen and oxygen atoms in total. The van der Waals surface area contributed by atoms with Gasteiger partial charge in [0.05, 0.1) is 17.3 Å². The molecular weight excluding hydrogens is 383 g/mol. The van der Waals surface area contributed by atoms with Gasteiger partial charge in [0.25, 0.3) is 5.91 Å². The van der Waals surface area contributed by atoms with Crippen LogP contribution in [0.25, 0.3) is 0 Å². The Hall–Kier alpha value is -2.83. The molecule has 160 valence electrons. The predicted molar refractivity (Wildman–Crippen MR) is 112 cm³/mol. The molecule has 1 aliphatic rings. The third-order valence-corrected chi connectivity index (χ3v) is 5.31. The summed E-state index contributed by atoms with van der Waals surface area (Å²) in [5.74, 6) is 0.444. The summed E-state index contributed by atoms with van der Waals surface area (Å²) in [6.45, 7) is 6.87. The van der Waals surface area contributed by atoms with E-state index >= 15 is 0 Å². The highest BCUT2D eigenvalue weighted by Crippen LogP contribution is 2.30. The van der Waals surface area contributed by atoms with Crippen molar-refractivity contribution >= 4 is 11.8 Å². The zero-order valence-electron chi connectivity index (χ0n) is 17.8. The quantitative estimate of drug-likeness (QED) is 0.779. The molecule has 1 aromatic carbocycles. The van der Waals surface area contributed by atoms with E-state index in [2.05, 4.69) is 15.3 Å². The number of hydrogen-bond acceptors (Lipinski definition) is 4. The number of rotatable bonds is 6. The maximum Gasteiger partial charge on any atom is 0.254 e. The first-order valence-electron chi connectivity index (χ1n) is 10.5. The Morgan fingerprint density at radius 2 is 1.97 bits per heavy atom. The number of hydrogen-bond donors (Lipinski definition) is 1. The summed E-state index contributed by atoms with van der Waals surface area (Å²) in [5, 5.41) is 2.82. The first-order valence-corrected chi connectivity index (χ1v) is 10.5. The highest BCUT2D eigenvalue weighted by atomic mass is 19.1. The van der Waals surface area contributed by atoms with Crippen LogP contribution in [0.3, 0.4) is 0 Å². The topological polar surface area (TPSA) is 75.2 Å². The number of carbonyl (C=O) groups is 2. The molecule has 1 atom stereocenters.